The Morgan fingerprint density at radius 2 is 1.97 bits per heavy atom. The van der Waals surface area contributed by atoms with Crippen molar-refractivity contribution in [3.05, 3.63) is 58.0 Å². The van der Waals surface area contributed by atoms with Crippen LogP contribution in [-0.2, 0) is 9.59 Å². The molecule has 2 heterocycles. The van der Waals surface area contributed by atoms with Crippen molar-refractivity contribution in [1.29, 1.82) is 0 Å². The number of aliphatic hydroxyl groups excluding tert-OH is 1. The van der Waals surface area contributed by atoms with E-state index < -0.39 is 17.7 Å². The zero-order valence-electron chi connectivity index (χ0n) is 17.0. The van der Waals surface area contributed by atoms with E-state index in [-0.39, 0.29) is 28.7 Å². The molecule has 0 spiro atoms. The van der Waals surface area contributed by atoms with Crippen LogP contribution in [0, 0.1) is 6.92 Å². The van der Waals surface area contributed by atoms with Crippen LogP contribution in [0.5, 0.6) is 5.75 Å². The van der Waals surface area contributed by atoms with Gasteiger partial charge in [-0.3, -0.25) is 9.59 Å². The molecule has 4 rings (SSSR count). The Balaban J connectivity index is 1.91. The topological polar surface area (TPSA) is 80.0 Å². The lowest BCUT2D eigenvalue weighted by molar-refractivity contribution is -0.142. The summed E-state index contributed by atoms with van der Waals surface area (Å²) in [5.74, 6) is -0.946. The maximum Gasteiger partial charge on any atom is 0.296 e. The molecule has 1 amide bonds. The van der Waals surface area contributed by atoms with Crippen molar-refractivity contribution >= 4 is 29.1 Å². The molecule has 1 saturated heterocycles. The largest absolute Gasteiger partial charge is 0.507 e. The van der Waals surface area contributed by atoms with E-state index in [1.165, 1.54) is 13.4 Å². The van der Waals surface area contributed by atoms with Gasteiger partial charge < -0.3 is 19.2 Å². The highest BCUT2D eigenvalue weighted by Gasteiger charge is 2.50. The number of carbonyl (C=O) groups excluding carboxylic acids is 2. The number of nitrogens with zero attached hydrogens (tertiary/aromatic N) is 1. The molecule has 1 aliphatic carbocycles. The van der Waals surface area contributed by atoms with Gasteiger partial charge in [0.2, 0.25) is 0 Å². The average molecular weight is 430 g/mol. The predicted octanol–water partition coefficient (Wildman–Crippen LogP) is 5.00. The van der Waals surface area contributed by atoms with Gasteiger partial charge in [0, 0.05) is 6.04 Å². The monoisotopic (exact) mass is 429 g/mol. The number of aliphatic hydroxyl groups is 1. The number of carbonyl (C=O) groups is 2. The molecule has 2 aliphatic rings. The van der Waals surface area contributed by atoms with E-state index in [4.69, 9.17) is 20.8 Å². The number of rotatable bonds is 4. The summed E-state index contributed by atoms with van der Waals surface area (Å²) in [4.78, 5) is 27.8. The minimum atomic E-state index is -0.785. The number of halogens is 1. The lowest BCUT2D eigenvalue weighted by Crippen LogP contribution is -2.40. The van der Waals surface area contributed by atoms with Crippen LogP contribution in [-0.4, -0.2) is 34.8 Å². The lowest BCUT2D eigenvalue weighted by Gasteiger charge is -2.34. The molecule has 6 nitrogen and oxygen atoms in total. The number of hydrogen-bond acceptors (Lipinski definition) is 5. The number of hydrogen-bond donors (Lipinski definition) is 1. The van der Waals surface area contributed by atoms with Crippen LogP contribution in [0.2, 0.25) is 5.02 Å². The number of ether oxygens (including phenoxy) is 1. The molecule has 1 aromatic heterocycles. The second-order valence-corrected chi connectivity index (χ2v) is 8.25. The van der Waals surface area contributed by atoms with E-state index in [0.29, 0.717) is 10.8 Å². The van der Waals surface area contributed by atoms with Crippen molar-refractivity contribution in [3.8, 4) is 5.75 Å². The second kappa shape index (κ2) is 8.19. The Morgan fingerprint density at radius 3 is 2.60 bits per heavy atom. The first-order valence-corrected chi connectivity index (χ1v) is 10.5. The van der Waals surface area contributed by atoms with E-state index in [9.17, 15) is 14.7 Å². The summed E-state index contributed by atoms with van der Waals surface area (Å²) >= 11 is 6.30. The summed E-state index contributed by atoms with van der Waals surface area (Å²) in [7, 11) is 1.44. The number of Topliss-reactive ketones (excluding diaryl/α,β-unsaturated/α-hetero) is 1. The number of ketones is 1. The molecule has 2 fully saturated rings. The van der Waals surface area contributed by atoms with E-state index in [2.05, 4.69) is 0 Å². The summed E-state index contributed by atoms with van der Waals surface area (Å²) in [5, 5.41) is 11.6. The zero-order chi connectivity index (χ0) is 21.4. The number of amides is 1. The standard InChI is InChI=1S/C23H24ClNO5/c1-13-11-15(22(29-2)16(24)12-13)20(26)18-19(17-9-6-10-30-17)25(23(28)21(18)27)14-7-4-3-5-8-14/h6,9-12,14,19,26H,3-5,7-8H2,1-2H3/b20-18-. The summed E-state index contributed by atoms with van der Waals surface area (Å²) < 4.78 is 11.0. The molecule has 2 aromatic rings. The minimum Gasteiger partial charge on any atom is -0.507 e. The van der Waals surface area contributed by atoms with Gasteiger partial charge in [0.25, 0.3) is 11.7 Å². The third kappa shape index (κ3) is 3.39. The van der Waals surface area contributed by atoms with Crippen LogP contribution < -0.4 is 4.74 Å². The number of benzene rings is 1. The van der Waals surface area contributed by atoms with Crippen molar-refractivity contribution in [2.75, 3.05) is 7.11 Å². The number of aryl methyl sites for hydroxylation is 1. The number of likely N-dealkylation sites (tertiary alicyclic amines) is 1. The molecule has 0 radical (unpaired) electrons. The van der Waals surface area contributed by atoms with Crippen LogP contribution in [0.15, 0.2) is 40.5 Å². The highest BCUT2D eigenvalue weighted by Crippen LogP contribution is 2.45. The highest BCUT2D eigenvalue weighted by atomic mass is 35.5. The molecule has 1 aliphatic heterocycles. The van der Waals surface area contributed by atoms with Gasteiger partial charge in [-0.05, 0) is 49.6 Å². The average Bonchev–Trinajstić information content (AvgIpc) is 3.35. The van der Waals surface area contributed by atoms with Gasteiger partial charge in [-0.25, -0.2) is 0 Å². The minimum absolute atomic E-state index is 0.000454. The first-order valence-electron chi connectivity index (χ1n) is 10.1. The van der Waals surface area contributed by atoms with Crippen molar-refractivity contribution in [1.82, 2.24) is 4.90 Å². The zero-order valence-corrected chi connectivity index (χ0v) is 17.7. The van der Waals surface area contributed by atoms with Crippen LogP contribution >= 0.6 is 11.6 Å². The van der Waals surface area contributed by atoms with E-state index in [0.717, 1.165) is 37.7 Å². The lowest BCUT2D eigenvalue weighted by atomic mass is 9.92. The number of furan rings is 1. The summed E-state index contributed by atoms with van der Waals surface area (Å²) in [6, 6.07) is 5.97. The van der Waals surface area contributed by atoms with Crippen LogP contribution in [0.1, 0.15) is 55.0 Å². The predicted molar refractivity (Wildman–Crippen MR) is 112 cm³/mol. The van der Waals surface area contributed by atoms with Crippen molar-refractivity contribution in [2.45, 2.75) is 51.1 Å². The smallest absolute Gasteiger partial charge is 0.296 e. The normalized spacial score (nSPS) is 22.0. The molecule has 1 saturated carbocycles. The second-order valence-electron chi connectivity index (χ2n) is 7.84. The van der Waals surface area contributed by atoms with Crippen LogP contribution in [0.25, 0.3) is 5.76 Å². The van der Waals surface area contributed by atoms with Crippen molar-refractivity contribution in [3.63, 3.8) is 0 Å². The summed E-state index contributed by atoms with van der Waals surface area (Å²) in [6.07, 6.45) is 6.26. The molecule has 158 valence electrons. The molecular weight excluding hydrogens is 406 g/mol. The maximum absolute atomic E-state index is 13.1. The maximum atomic E-state index is 13.1. The Kier molecular flexibility index (Phi) is 5.60. The Hall–Kier alpha value is -2.73. The third-order valence-electron chi connectivity index (χ3n) is 5.91. The quantitative estimate of drug-likeness (QED) is 0.420. The summed E-state index contributed by atoms with van der Waals surface area (Å²) in [5.41, 5.74) is 1.07. The van der Waals surface area contributed by atoms with Gasteiger partial charge in [-0.2, -0.15) is 0 Å². The SMILES string of the molecule is COc1c(Cl)cc(C)cc1/C(O)=C1/C(=O)C(=O)N(C2CCCCC2)C1c1ccco1. The first kappa shape index (κ1) is 20.5. The van der Waals surface area contributed by atoms with Crippen LogP contribution in [0.3, 0.4) is 0 Å². The van der Waals surface area contributed by atoms with Gasteiger partial charge in [0.05, 0.1) is 29.5 Å². The molecule has 30 heavy (non-hydrogen) atoms. The fourth-order valence-electron chi connectivity index (χ4n) is 4.57. The molecule has 7 heteroatoms. The van der Waals surface area contributed by atoms with Crippen molar-refractivity contribution in [2.24, 2.45) is 0 Å². The van der Waals surface area contributed by atoms with E-state index in [1.807, 2.05) is 6.92 Å². The molecule has 1 aromatic carbocycles. The summed E-state index contributed by atoms with van der Waals surface area (Å²) in [6.45, 7) is 1.83. The molecule has 0 bridgehead atoms. The van der Waals surface area contributed by atoms with Gasteiger partial charge in [-0.1, -0.05) is 30.9 Å². The Bertz CT molecular complexity index is 1000. The van der Waals surface area contributed by atoms with Crippen molar-refractivity contribution < 1.29 is 23.8 Å². The fraction of sp³-hybridized carbons (Fsp3) is 0.391. The van der Waals surface area contributed by atoms with Gasteiger partial charge in [0.15, 0.2) is 0 Å². The van der Waals surface area contributed by atoms with E-state index >= 15 is 0 Å². The first-order chi connectivity index (χ1) is 14.4. The molecular formula is C23H24ClNO5. The van der Waals surface area contributed by atoms with E-state index in [1.54, 1.807) is 29.2 Å². The third-order valence-corrected chi connectivity index (χ3v) is 6.19. The molecule has 1 N–H and O–H groups in total. The molecule has 1 unspecified atom stereocenters. The van der Waals surface area contributed by atoms with Gasteiger partial charge in [-0.15, -0.1) is 0 Å². The highest BCUT2D eigenvalue weighted by molar-refractivity contribution is 6.46. The van der Waals surface area contributed by atoms with Gasteiger partial charge >= 0.3 is 0 Å². The Morgan fingerprint density at radius 1 is 1.23 bits per heavy atom. The number of methoxy groups -OCH3 is 1. The fourth-order valence-corrected chi connectivity index (χ4v) is 4.92. The van der Waals surface area contributed by atoms with Crippen LogP contribution in [0.4, 0.5) is 0 Å². The molecule has 1 atom stereocenters. The Labute approximate surface area is 180 Å². The van der Waals surface area contributed by atoms with Gasteiger partial charge in [0.1, 0.15) is 23.3 Å².